The lowest BCUT2D eigenvalue weighted by atomic mass is 10.1. The maximum absolute atomic E-state index is 12.5. The summed E-state index contributed by atoms with van der Waals surface area (Å²) in [4.78, 5) is 26.2. The third kappa shape index (κ3) is 4.71. The van der Waals surface area contributed by atoms with Gasteiger partial charge in [0.25, 0.3) is 0 Å². The van der Waals surface area contributed by atoms with Crippen molar-refractivity contribution in [3.8, 4) is 0 Å². The maximum atomic E-state index is 12.5. The van der Waals surface area contributed by atoms with Crippen LogP contribution >= 0.6 is 0 Å². The Morgan fingerprint density at radius 2 is 1.83 bits per heavy atom. The number of nitrogens with zero attached hydrogens (tertiary/aromatic N) is 1. The second-order valence-corrected chi connectivity index (χ2v) is 6.76. The van der Waals surface area contributed by atoms with Crippen LogP contribution in [0.25, 0.3) is 0 Å². The molecule has 1 aliphatic rings. The first-order valence-corrected chi connectivity index (χ1v) is 8.06. The van der Waals surface area contributed by atoms with Gasteiger partial charge in [0.05, 0.1) is 0 Å². The molecule has 0 aliphatic carbocycles. The lowest BCUT2D eigenvalue weighted by Gasteiger charge is -2.29. The second-order valence-electron chi connectivity index (χ2n) is 6.76. The molecule has 1 fully saturated rings. The molecule has 1 aliphatic heterocycles. The van der Waals surface area contributed by atoms with E-state index >= 15 is 0 Å². The van der Waals surface area contributed by atoms with E-state index in [-0.39, 0.29) is 6.61 Å². The molecule has 1 heterocycles. The minimum absolute atomic E-state index is 0.146. The number of benzene rings is 1. The lowest BCUT2D eigenvalue weighted by Crippen LogP contribution is -2.47. The highest BCUT2D eigenvalue weighted by Crippen LogP contribution is 2.28. The Labute approximate surface area is 142 Å². The minimum atomic E-state index is -0.683. The van der Waals surface area contributed by atoms with Crippen LogP contribution in [0.4, 0.5) is 4.79 Å². The van der Waals surface area contributed by atoms with Gasteiger partial charge in [-0.25, -0.2) is 9.59 Å². The molecule has 2 atom stereocenters. The van der Waals surface area contributed by atoms with Crippen molar-refractivity contribution in [3.63, 3.8) is 0 Å². The van der Waals surface area contributed by atoms with Crippen molar-refractivity contribution < 1.29 is 23.8 Å². The molecule has 0 radical (unpaired) electrons. The largest absolute Gasteiger partial charge is 0.458 e. The molecule has 0 spiro atoms. The number of methoxy groups -OCH3 is 1. The third-order valence-corrected chi connectivity index (χ3v) is 3.70. The van der Waals surface area contributed by atoms with Crippen LogP contribution < -0.4 is 0 Å². The van der Waals surface area contributed by atoms with Gasteiger partial charge in [-0.2, -0.15) is 0 Å². The number of ether oxygens (including phenoxy) is 3. The average Bonchev–Trinajstić information content (AvgIpc) is 2.96. The number of rotatable bonds is 4. The fourth-order valence-corrected chi connectivity index (χ4v) is 2.65. The van der Waals surface area contributed by atoms with E-state index in [1.807, 2.05) is 30.3 Å². The molecule has 6 nitrogen and oxygen atoms in total. The number of amides is 1. The quantitative estimate of drug-likeness (QED) is 0.791. The predicted molar refractivity (Wildman–Crippen MR) is 88.1 cm³/mol. The van der Waals surface area contributed by atoms with E-state index in [4.69, 9.17) is 14.2 Å². The zero-order valence-corrected chi connectivity index (χ0v) is 14.7. The Morgan fingerprint density at radius 1 is 1.17 bits per heavy atom. The fourth-order valence-electron chi connectivity index (χ4n) is 2.65. The highest BCUT2D eigenvalue weighted by atomic mass is 16.6. The van der Waals surface area contributed by atoms with Gasteiger partial charge in [-0.1, -0.05) is 30.3 Å². The van der Waals surface area contributed by atoms with Crippen LogP contribution in [-0.4, -0.2) is 41.9 Å². The van der Waals surface area contributed by atoms with Crippen molar-refractivity contribution >= 4 is 12.1 Å². The fraction of sp³-hybridized carbons (Fsp3) is 0.556. The Hall–Kier alpha value is -2.08. The molecular formula is C18H25NO5. The first-order valence-electron chi connectivity index (χ1n) is 8.06. The molecule has 0 aromatic heterocycles. The molecular weight excluding hydrogens is 310 g/mol. The monoisotopic (exact) mass is 335 g/mol. The molecule has 1 aromatic carbocycles. The lowest BCUT2D eigenvalue weighted by molar-refractivity contribution is -0.162. The molecule has 0 saturated carbocycles. The number of carbonyl (C=O) groups excluding carboxylic acids is 2. The number of likely N-dealkylation sites (tertiary alicyclic amines) is 1. The first-order chi connectivity index (χ1) is 11.3. The Kier molecular flexibility index (Phi) is 5.83. The summed E-state index contributed by atoms with van der Waals surface area (Å²) in [6.45, 7) is 5.54. The SMILES string of the molecule is CO[C@@H]1CC[C@@H](C(=O)OC(C)(C)C)N1C(=O)OCc1ccccc1. The van der Waals surface area contributed by atoms with Crippen LogP contribution in [0.2, 0.25) is 0 Å². The van der Waals surface area contributed by atoms with Crippen LogP contribution in [0.1, 0.15) is 39.2 Å². The van der Waals surface area contributed by atoms with Crippen molar-refractivity contribution in [2.24, 2.45) is 0 Å². The highest BCUT2D eigenvalue weighted by Gasteiger charge is 2.44. The van der Waals surface area contributed by atoms with Gasteiger partial charge in [0.2, 0.25) is 0 Å². The average molecular weight is 335 g/mol. The number of hydrogen-bond acceptors (Lipinski definition) is 5. The van der Waals surface area contributed by atoms with Crippen LogP contribution in [0.5, 0.6) is 0 Å². The molecule has 24 heavy (non-hydrogen) atoms. The van der Waals surface area contributed by atoms with Crippen molar-refractivity contribution in [2.75, 3.05) is 7.11 Å². The zero-order valence-electron chi connectivity index (χ0n) is 14.7. The Balaban J connectivity index is 2.04. The summed E-state index contributed by atoms with van der Waals surface area (Å²) in [7, 11) is 1.51. The summed E-state index contributed by atoms with van der Waals surface area (Å²) >= 11 is 0. The highest BCUT2D eigenvalue weighted by molar-refractivity contribution is 5.82. The summed E-state index contributed by atoms with van der Waals surface area (Å²) in [5.74, 6) is -0.432. The number of carbonyl (C=O) groups is 2. The van der Waals surface area contributed by atoms with Crippen LogP contribution in [-0.2, 0) is 25.6 Å². The van der Waals surface area contributed by atoms with Crippen molar-refractivity contribution in [1.82, 2.24) is 4.90 Å². The second kappa shape index (κ2) is 7.66. The van der Waals surface area contributed by atoms with Crippen molar-refractivity contribution in [2.45, 2.75) is 58.1 Å². The van der Waals surface area contributed by atoms with E-state index in [0.29, 0.717) is 12.8 Å². The van der Waals surface area contributed by atoms with Gasteiger partial charge in [0, 0.05) is 7.11 Å². The summed E-state index contributed by atoms with van der Waals surface area (Å²) in [5.41, 5.74) is 0.273. The normalized spacial score (nSPS) is 20.8. The summed E-state index contributed by atoms with van der Waals surface area (Å²) in [6.07, 6.45) is 0.0131. The predicted octanol–water partition coefficient (Wildman–Crippen LogP) is 3.10. The maximum Gasteiger partial charge on any atom is 0.412 e. The molecule has 1 amide bonds. The van der Waals surface area contributed by atoms with Gasteiger partial charge in [-0.3, -0.25) is 4.90 Å². The Morgan fingerprint density at radius 3 is 2.42 bits per heavy atom. The smallest absolute Gasteiger partial charge is 0.412 e. The van der Waals surface area contributed by atoms with Gasteiger partial charge >= 0.3 is 12.1 Å². The topological polar surface area (TPSA) is 65.1 Å². The molecule has 0 N–H and O–H groups in total. The molecule has 2 rings (SSSR count). The van der Waals surface area contributed by atoms with Gasteiger partial charge in [0.1, 0.15) is 24.5 Å². The van der Waals surface area contributed by atoms with Crippen molar-refractivity contribution in [1.29, 1.82) is 0 Å². The van der Waals surface area contributed by atoms with E-state index < -0.39 is 29.9 Å². The third-order valence-electron chi connectivity index (χ3n) is 3.70. The molecule has 0 bridgehead atoms. The van der Waals surface area contributed by atoms with Crippen LogP contribution in [0.15, 0.2) is 30.3 Å². The molecule has 1 aromatic rings. The van der Waals surface area contributed by atoms with Gasteiger partial charge in [-0.05, 0) is 39.2 Å². The van der Waals surface area contributed by atoms with E-state index in [0.717, 1.165) is 5.56 Å². The Bertz CT molecular complexity index is 567. The summed E-state index contributed by atoms with van der Waals surface area (Å²) < 4.78 is 16.1. The van der Waals surface area contributed by atoms with Crippen molar-refractivity contribution in [3.05, 3.63) is 35.9 Å². The number of hydrogen-bond donors (Lipinski definition) is 0. The molecule has 0 unspecified atom stereocenters. The van der Waals surface area contributed by atoms with E-state index in [1.165, 1.54) is 12.0 Å². The summed E-state index contributed by atoms with van der Waals surface area (Å²) in [5, 5.41) is 0. The standard InChI is InChI=1S/C18H25NO5/c1-18(2,3)24-16(20)14-10-11-15(22-4)19(14)17(21)23-12-13-8-6-5-7-9-13/h5-9,14-15H,10-12H2,1-4H3/t14-,15+/m0/s1. The van der Waals surface area contributed by atoms with E-state index in [1.54, 1.807) is 20.8 Å². The summed E-state index contributed by atoms with van der Waals surface area (Å²) in [6, 6.07) is 8.71. The van der Waals surface area contributed by atoms with Crippen LogP contribution in [0.3, 0.4) is 0 Å². The first kappa shape index (κ1) is 18.3. The minimum Gasteiger partial charge on any atom is -0.458 e. The van der Waals surface area contributed by atoms with Gasteiger partial charge < -0.3 is 14.2 Å². The molecule has 1 saturated heterocycles. The molecule has 132 valence electrons. The van der Waals surface area contributed by atoms with Gasteiger partial charge in [-0.15, -0.1) is 0 Å². The molecule has 6 heteroatoms. The van der Waals surface area contributed by atoms with E-state index in [2.05, 4.69) is 0 Å². The van der Waals surface area contributed by atoms with Crippen LogP contribution in [0, 0.1) is 0 Å². The van der Waals surface area contributed by atoms with E-state index in [9.17, 15) is 9.59 Å². The van der Waals surface area contributed by atoms with Gasteiger partial charge in [0.15, 0.2) is 0 Å². The number of esters is 1. The zero-order chi connectivity index (χ0) is 17.7.